The van der Waals surface area contributed by atoms with Crippen molar-refractivity contribution in [1.82, 2.24) is 19.8 Å². The number of pyridine rings is 1. The molecule has 1 fully saturated rings. The van der Waals surface area contributed by atoms with Crippen molar-refractivity contribution in [1.29, 1.82) is 0 Å². The van der Waals surface area contributed by atoms with Gasteiger partial charge in [-0.05, 0) is 36.8 Å². The van der Waals surface area contributed by atoms with Crippen molar-refractivity contribution in [2.24, 2.45) is 0 Å². The molecule has 2 aliphatic rings. The Morgan fingerprint density at radius 3 is 2.67 bits per heavy atom. The lowest BCUT2D eigenvalue weighted by atomic mass is 10.1. The number of hydrogen-bond acceptors (Lipinski definition) is 5. The van der Waals surface area contributed by atoms with Gasteiger partial charge in [-0.3, -0.25) is 14.5 Å². The largest absolute Gasteiger partial charge is 0.365 e. The van der Waals surface area contributed by atoms with Crippen LogP contribution in [0.3, 0.4) is 0 Å². The number of carbonyl (C=O) groups is 2. The molecule has 5 rings (SSSR count). The van der Waals surface area contributed by atoms with Gasteiger partial charge in [-0.1, -0.05) is 0 Å². The number of rotatable bonds is 4. The van der Waals surface area contributed by atoms with Gasteiger partial charge in [-0.25, -0.2) is 9.37 Å². The summed E-state index contributed by atoms with van der Waals surface area (Å²) in [4.78, 5) is 31.8. The van der Waals surface area contributed by atoms with Crippen LogP contribution in [-0.4, -0.2) is 59.5 Å². The third-order valence-corrected chi connectivity index (χ3v) is 6.40. The maximum atomic E-state index is 14.6. The molecule has 0 spiro atoms. The quantitative estimate of drug-likeness (QED) is 0.592. The fourth-order valence-electron chi connectivity index (χ4n) is 4.59. The van der Waals surface area contributed by atoms with Crippen molar-refractivity contribution >= 4 is 34.1 Å². The van der Waals surface area contributed by atoms with Gasteiger partial charge in [-0.15, -0.1) is 0 Å². The minimum atomic E-state index is -0.668. The Hall–Kier alpha value is -3.53. The Morgan fingerprint density at radius 2 is 1.97 bits per heavy atom. The summed E-state index contributed by atoms with van der Waals surface area (Å²) in [7, 11) is 1.47. The molecule has 0 unspecified atom stereocenters. The van der Waals surface area contributed by atoms with Crippen LogP contribution in [0.25, 0.3) is 10.9 Å². The number of halogens is 2. The number of piperazine rings is 1. The van der Waals surface area contributed by atoms with Crippen LogP contribution in [-0.2, 0) is 11.3 Å². The molecule has 1 saturated heterocycles. The monoisotopic (exact) mass is 454 g/mol. The summed E-state index contributed by atoms with van der Waals surface area (Å²) in [5.41, 5.74) is 2.64. The molecule has 2 aliphatic heterocycles. The van der Waals surface area contributed by atoms with Gasteiger partial charge in [0.25, 0.3) is 5.91 Å². The van der Waals surface area contributed by atoms with Crippen LogP contribution in [0.1, 0.15) is 29.0 Å². The van der Waals surface area contributed by atoms with Gasteiger partial charge >= 0.3 is 0 Å². The van der Waals surface area contributed by atoms with E-state index < -0.39 is 17.9 Å². The Balaban J connectivity index is 1.30. The van der Waals surface area contributed by atoms with E-state index in [0.717, 1.165) is 5.56 Å². The van der Waals surface area contributed by atoms with Crippen LogP contribution < -0.4 is 15.5 Å². The second kappa shape index (κ2) is 8.11. The highest BCUT2D eigenvalue weighted by Crippen LogP contribution is 2.35. The van der Waals surface area contributed by atoms with Crippen LogP contribution in [0.2, 0.25) is 0 Å². The fraction of sp³-hybridized carbons (Fsp3) is 0.348. The fourth-order valence-corrected chi connectivity index (χ4v) is 4.59. The predicted molar refractivity (Wildman–Crippen MR) is 120 cm³/mol. The van der Waals surface area contributed by atoms with Crippen LogP contribution in [0.4, 0.5) is 20.2 Å². The molecular formula is C23H24F2N6O2. The number of aromatic nitrogens is 2. The summed E-state index contributed by atoms with van der Waals surface area (Å²) < 4.78 is 30.8. The number of amides is 2. The predicted octanol–water partition coefficient (Wildman–Crippen LogP) is 2.51. The number of benzene rings is 1. The molecule has 10 heteroatoms. The molecule has 8 nitrogen and oxygen atoms in total. The average Bonchev–Trinajstić information content (AvgIpc) is 3.14. The van der Waals surface area contributed by atoms with Crippen molar-refractivity contribution in [3.63, 3.8) is 0 Å². The maximum absolute atomic E-state index is 14.6. The number of nitrogens with one attached hydrogen (secondary N) is 2. The molecule has 0 aliphatic carbocycles. The van der Waals surface area contributed by atoms with Gasteiger partial charge < -0.3 is 20.1 Å². The molecule has 33 heavy (non-hydrogen) atoms. The van der Waals surface area contributed by atoms with Crippen LogP contribution in [0, 0.1) is 11.8 Å². The second-order valence-electron chi connectivity index (χ2n) is 8.44. The zero-order chi connectivity index (χ0) is 23.3. The first-order valence-electron chi connectivity index (χ1n) is 10.9. The standard InChI is InChI=1S/C23H24F2N6O2/c1-13-22(32)28-18-10-14(9-15-16(24)12-31(13)20(15)18)11-29-5-7-30(8-6-29)19-4-3-17(23(33)26-2)27-21(19)25/h3-4,9-10,12-13H,5-8,11H2,1-2H3,(H,26,33)(H,28,32)/t13-/m1/s1. The lowest BCUT2D eigenvalue weighted by molar-refractivity contribution is -0.118. The molecule has 0 radical (unpaired) electrons. The average molecular weight is 454 g/mol. The van der Waals surface area contributed by atoms with Gasteiger partial charge in [0.05, 0.1) is 16.9 Å². The SMILES string of the molecule is CNC(=O)c1ccc(N2CCN(Cc3cc4c5c(c3)c(F)cn5[C@H](C)C(=O)N4)CC2)c(F)n1. The third-order valence-electron chi connectivity index (χ3n) is 6.40. The molecule has 1 aromatic carbocycles. The number of anilines is 2. The van der Waals surface area contributed by atoms with Gasteiger partial charge in [0.15, 0.2) is 0 Å². The molecular weight excluding hydrogens is 430 g/mol. The summed E-state index contributed by atoms with van der Waals surface area (Å²) in [6.45, 7) is 4.87. The van der Waals surface area contributed by atoms with Gasteiger partial charge in [-0.2, -0.15) is 4.39 Å². The number of hydrogen-bond donors (Lipinski definition) is 2. The molecule has 172 valence electrons. The van der Waals surface area contributed by atoms with E-state index in [-0.39, 0.29) is 17.4 Å². The van der Waals surface area contributed by atoms with E-state index in [1.165, 1.54) is 19.3 Å². The first kappa shape index (κ1) is 21.3. The van der Waals surface area contributed by atoms with E-state index in [1.807, 2.05) is 17.0 Å². The van der Waals surface area contributed by atoms with Gasteiger partial charge in [0, 0.05) is 51.4 Å². The van der Waals surface area contributed by atoms with E-state index in [2.05, 4.69) is 20.5 Å². The molecule has 2 aromatic heterocycles. The molecule has 2 N–H and O–H groups in total. The highest BCUT2D eigenvalue weighted by Gasteiger charge is 2.28. The van der Waals surface area contributed by atoms with Crippen molar-refractivity contribution in [3.8, 4) is 0 Å². The van der Waals surface area contributed by atoms with Crippen LogP contribution >= 0.6 is 0 Å². The molecule has 0 saturated carbocycles. The van der Waals surface area contributed by atoms with Crippen molar-refractivity contribution in [2.75, 3.05) is 43.4 Å². The van der Waals surface area contributed by atoms with E-state index in [4.69, 9.17) is 0 Å². The minimum absolute atomic E-state index is 0.0410. The first-order valence-corrected chi connectivity index (χ1v) is 10.9. The Morgan fingerprint density at radius 1 is 1.21 bits per heavy atom. The summed E-state index contributed by atoms with van der Waals surface area (Å²) in [5.74, 6) is -1.61. The summed E-state index contributed by atoms with van der Waals surface area (Å²) in [5, 5.41) is 5.82. The Kier molecular flexibility index (Phi) is 5.24. The van der Waals surface area contributed by atoms with Crippen molar-refractivity contribution in [2.45, 2.75) is 19.5 Å². The third kappa shape index (κ3) is 3.70. The lowest BCUT2D eigenvalue weighted by Crippen LogP contribution is -2.46. The van der Waals surface area contributed by atoms with Crippen LogP contribution in [0.15, 0.2) is 30.5 Å². The zero-order valence-electron chi connectivity index (χ0n) is 18.4. The maximum Gasteiger partial charge on any atom is 0.269 e. The molecule has 0 bridgehead atoms. The van der Waals surface area contributed by atoms with Crippen molar-refractivity contribution < 1.29 is 18.4 Å². The summed E-state index contributed by atoms with van der Waals surface area (Å²) >= 11 is 0. The Labute approximate surface area is 189 Å². The lowest BCUT2D eigenvalue weighted by Gasteiger charge is -2.36. The molecule has 1 atom stereocenters. The Bertz CT molecular complexity index is 1270. The normalized spacial score (nSPS) is 18.5. The molecule has 3 aromatic rings. The summed E-state index contributed by atoms with van der Waals surface area (Å²) in [6, 6.07) is 6.37. The van der Waals surface area contributed by atoms with Crippen molar-refractivity contribution in [3.05, 3.63) is 53.5 Å². The van der Waals surface area contributed by atoms with Gasteiger partial charge in [0.1, 0.15) is 17.6 Å². The summed E-state index contributed by atoms with van der Waals surface area (Å²) in [6.07, 6.45) is 1.39. The van der Waals surface area contributed by atoms with E-state index >= 15 is 0 Å². The van der Waals surface area contributed by atoms with Crippen LogP contribution in [0.5, 0.6) is 0 Å². The molecule has 2 amide bonds. The minimum Gasteiger partial charge on any atom is -0.365 e. The van der Waals surface area contributed by atoms with Gasteiger partial charge in [0.2, 0.25) is 11.9 Å². The first-order chi connectivity index (χ1) is 15.9. The smallest absolute Gasteiger partial charge is 0.269 e. The highest BCUT2D eigenvalue weighted by atomic mass is 19.1. The topological polar surface area (TPSA) is 82.5 Å². The van der Waals surface area contributed by atoms with E-state index in [9.17, 15) is 18.4 Å². The second-order valence-corrected chi connectivity index (χ2v) is 8.44. The number of nitrogens with zero attached hydrogens (tertiary/aromatic N) is 4. The highest BCUT2D eigenvalue weighted by molar-refractivity contribution is 6.06. The van der Waals surface area contributed by atoms with E-state index in [0.29, 0.717) is 55.0 Å². The zero-order valence-corrected chi connectivity index (χ0v) is 18.4. The molecule has 4 heterocycles. The number of carbonyl (C=O) groups excluding carboxylic acids is 2. The van der Waals surface area contributed by atoms with E-state index in [1.54, 1.807) is 17.6 Å².